The van der Waals surface area contributed by atoms with E-state index in [1.165, 1.54) is 0 Å². The molecular weight excluding hydrogens is 489 g/mol. The molecule has 1 unspecified atom stereocenters. The first kappa shape index (κ1) is 23.0. The Labute approximate surface area is 182 Å². The molecule has 0 aliphatic rings. The summed E-state index contributed by atoms with van der Waals surface area (Å²) in [6, 6.07) is 15.0. The van der Waals surface area contributed by atoms with Gasteiger partial charge in [0.15, 0.2) is 0 Å². The van der Waals surface area contributed by atoms with E-state index < -0.39 is 15.3 Å². The predicted molar refractivity (Wildman–Crippen MR) is 122 cm³/mol. The summed E-state index contributed by atoms with van der Waals surface area (Å²) in [5.74, 6) is 1.51. The van der Waals surface area contributed by atoms with Crippen LogP contribution in [0.15, 0.2) is 48.5 Å². The number of benzene rings is 2. The van der Waals surface area contributed by atoms with E-state index in [0.29, 0.717) is 19.5 Å². The Morgan fingerprint density at radius 3 is 1.68 bits per heavy atom. The number of methoxy groups -OCH3 is 2. The standard InChI is InChI=1S/C21H28INO4S/c1-17(5-4-14-22)28(24,25)23(15-18-6-10-20(26-2)11-7-18)16-19-8-12-21(27-3)13-9-19/h6-13,17H,4-5,14-16H2,1-3H3. The van der Waals surface area contributed by atoms with E-state index in [0.717, 1.165) is 33.5 Å². The molecule has 0 N–H and O–H groups in total. The molecule has 0 fully saturated rings. The Morgan fingerprint density at radius 2 is 1.32 bits per heavy atom. The van der Waals surface area contributed by atoms with Crippen LogP contribution in [0.4, 0.5) is 0 Å². The van der Waals surface area contributed by atoms with Crippen LogP contribution < -0.4 is 9.47 Å². The van der Waals surface area contributed by atoms with Crippen LogP contribution in [-0.4, -0.2) is 36.6 Å². The van der Waals surface area contributed by atoms with Crippen molar-refractivity contribution in [2.45, 2.75) is 38.1 Å². The molecule has 0 aliphatic heterocycles. The zero-order valence-corrected chi connectivity index (χ0v) is 19.6. The molecule has 28 heavy (non-hydrogen) atoms. The quantitative estimate of drug-likeness (QED) is 0.322. The van der Waals surface area contributed by atoms with Gasteiger partial charge in [0.1, 0.15) is 11.5 Å². The topological polar surface area (TPSA) is 55.8 Å². The average Bonchev–Trinajstić information content (AvgIpc) is 2.72. The number of rotatable bonds is 11. The second-order valence-corrected chi connectivity index (χ2v) is 10.1. The zero-order valence-electron chi connectivity index (χ0n) is 16.6. The monoisotopic (exact) mass is 517 g/mol. The molecule has 7 heteroatoms. The minimum absolute atomic E-state index is 0.326. The molecule has 2 rings (SSSR count). The third-order valence-corrected chi connectivity index (χ3v) is 7.64. The van der Waals surface area contributed by atoms with Gasteiger partial charge in [-0.25, -0.2) is 8.42 Å². The number of sulfonamides is 1. The lowest BCUT2D eigenvalue weighted by Gasteiger charge is -2.26. The number of nitrogens with zero attached hydrogens (tertiary/aromatic N) is 1. The first-order valence-corrected chi connectivity index (χ1v) is 12.2. The lowest BCUT2D eigenvalue weighted by atomic mass is 10.2. The molecule has 0 saturated heterocycles. The highest BCUT2D eigenvalue weighted by Gasteiger charge is 2.28. The van der Waals surface area contributed by atoms with Crippen molar-refractivity contribution in [3.63, 3.8) is 0 Å². The fourth-order valence-electron chi connectivity index (χ4n) is 2.87. The van der Waals surface area contributed by atoms with Crippen molar-refractivity contribution in [2.24, 2.45) is 0 Å². The third-order valence-electron chi connectivity index (χ3n) is 4.65. The summed E-state index contributed by atoms with van der Waals surface area (Å²) in [6.45, 7) is 2.45. The molecule has 1 atom stereocenters. The first-order chi connectivity index (χ1) is 13.4. The highest BCUT2D eigenvalue weighted by atomic mass is 127. The van der Waals surface area contributed by atoms with Gasteiger partial charge in [-0.1, -0.05) is 46.9 Å². The molecule has 0 amide bonds. The van der Waals surface area contributed by atoms with E-state index in [-0.39, 0.29) is 0 Å². The van der Waals surface area contributed by atoms with Gasteiger partial charge in [-0.05, 0) is 59.6 Å². The molecule has 2 aromatic rings. The molecule has 0 aliphatic carbocycles. The molecule has 0 bridgehead atoms. The van der Waals surface area contributed by atoms with Crippen molar-refractivity contribution in [3.8, 4) is 11.5 Å². The molecule has 0 radical (unpaired) electrons. The number of hydrogen-bond donors (Lipinski definition) is 0. The van der Waals surface area contributed by atoms with Crippen molar-refractivity contribution in [1.82, 2.24) is 4.31 Å². The number of alkyl halides is 1. The largest absolute Gasteiger partial charge is 0.497 e. The summed E-state index contributed by atoms with van der Waals surface area (Å²) in [5.41, 5.74) is 1.86. The van der Waals surface area contributed by atoms with E-state index in [1.807, 2.05) is 48.5 Å². The van der Waals surface area contributed by atoms with Crippen LogP contribution in [0.1, 0.15) is 30.9 Å². The van der Waals surface area contributed by atoms with Gasteiger partial charge in [-0.15, -0.1) is 0 Å². The summed E-state index contributed by atoms with van der Waals surface area (Å²) < 4.78 is 39.5. The lowest BCUT2D eigenvalue weighted by Crippen LogP contribution is -2.36. The van der Waals surface area contributed by atoms with Crippen LogP contribution in [0.5, 0.6) is 11.5 Å². The molecule has 5 nitrogen and oxygen atoms in total. The SMILES string of the molecule is COc1ccc(CN(Cc2ccc(OC)cc2)S(=O)(=O)C(C)CCCI)cc1. The maximum absolute atomic E-state index is 13.3. The van der Waals surface area contributed by atoms with E-state index in [1.54, 1.807) is 25.4 Å². The van der Waals surface area contributed by atoms with Crippen molar-refractivity contribution in [2.75, 3.05) is 18.6 Å². The van der Waals surface area contributed by atoms with Crippen LogP contribution in [0, 0.1) is 0 Å². The average molecular weight is 517 g/mol. The Hall–Kier alpha value is -1.32. The van der Waals surface area contributed by atoms with Crippen molar-refractivity contribution >= 4 is 32.6 Å². The van der Waals surface area contributed by atoms with Gasteiger partial charge in [0, 0.05) is 13.1 Å². The van der Waals surface area contributed by atoms with E-state index >= 15 is 0 Å². The second kappa shape index (κ2) is 11.0. The van der Waals surface area contributed by atoms with E-state index in [2.05, 4.69) is 22.6 Å². The molecule has 0 aromatic heterocycles. The van der Waals surface area contributed by atoms with Crippen molar-refractivity contribution in [3.05, 3.63) is 59.7 Å². The number of ether oxygens (including phenoxy) is 2. The highest BCUT2D eigenvalue weighted by Crippen LogP contribution is 2.22. The number of halogens is 1. The molecule has 154 valence electrons. The van der Waals surface area contributed by atoms with Crippen LogP contribution in [0.25, 0.3) is 0 Å². The Bertz CT molecular complexity index is 773. The lowest BCUT2D eigenvalue weighted by molar-refractivity contribution is 0.390. The van der Waals surface area contributed by atoms with E-state index in [9.17, 15) is 8.42 Å². The molecule has 0 spiro atoms. The minimum atomic E-state index is -3.43. The van der Waals surface area contributed by atoms with Gasteiger partial charge in [0.25, 0.3) is 0 Å². The van der Waals surface area contributed by atoms with Crippen LogP contribution in [0.3, 0.4) is 0 Å². The van der Waals surface area contributed by atoms with Crippen LogP contribution in [0.2, 0.25) is 0 Å². The second-order valence-electron chi connectivity index (χ2n) is 6.65. The Kier molecular flexibility index (Phi) is 9.04. The van der Waals surface area contributed by atoms with Gasteiger partial charge in [-0.2, -0.15) is 4.31 Å². The fraction of sp³-hybridized carbons (Fsp3) is 0.429. The Morgan fingerprint density at radius 1 is 0.893 bits per heavy atom. The minimum Gasteiger partial charge on any atom is -0.497 e. The zero-order chi connectivity index (χ0) is 20.6. The first-order valence-electron chi connectivity index (χ1n) is 9.21. The Balaban J connectivity index is 2.26. The van der Waals surface area contributed by atoms with Gasteiger partial charge in [0.05, 0.1) is 19.5 Å². The summed E-state index contributed by atoms with van der Waals surface area (Å²) in [7, 11) is -0.203. The van der Waals surface area contributed by atoms with Gasteiger partial charge < -0.3 is 9.47 Å². The van der Waals surface area contributed by atoms with Crippen molar-refractivity contribution < 1.29 is 17.9 Å². The van der Waals surface area contributed by atoms with E-state index in [4.69, 9.17) is 9.47 Å². The van der Waals surface area contributed by atoms with Gasteiger partial charge >= 0.3 is 0 Å². The summed E-state index contributed by atoms with van der Waals surface area (Å²) in [4.78, 5) is 0. The summed E-state index contributed by atoms with van der Waals surface area (Å²) in [6.07, 6.45) is 1.55. The maximum atomic E-state index is 13.3. The third kappa shape index (κ3) is 6.35. The fourth-order valence-corrected chi connectivity index (χ4v) is 4.94. The van der Waals surface area contributed by atoms with Crippen LogP contribution >= 0.6 is 22.6 Å². The summed E-state index contributed by atoms with van der Waals surface area (Å²) in [5, 5.41) is -0.418. The predicted octanol–water partition coefficient (Wildman–Crippen LogP) is 4.64. The highest BCUT2D eigenvalue weighted by molar-refractivity contribution is 14.1. The van der Waals surface area contributed by atoms with Gasteiger partial charge in [-0.3, -0.25) is 0 Å². The normalized spacial score (nSPS) is 12.8. The van der Waals surface area contributed by atoms with Gasteiger partial charge in [0.2, 0.25) is 10.0 Å². The maximum Gasteiger partial charge on any atom is 0.217 e. The smallest absolute Gasteiger partial charge is 0.217 e. The molecule has 0 saturated carbocycles. The van der Waals surface area contributed by atoms with Crippen LogP contribution in [-0.2, 0) is 23.1 Å². The number of hydrogen-bond acceptors (Lipinski definition) is 4. The molecular formula is C21H28INO4S. The summed E-state index contributed by atoms with van der Waals surface area (Å²) >= 11 is 2.28. The van der Waals surface area contributed by atoms with Crippen molar-refractivity contribution in [1.29, 1.82) is 0 Å². The molecule has 2 aromatic carbocycles. The molecule has 0 heterocycles.